The van der Waals surface area contributed by atoms with Crippen LogP contribution in [0.1, 0.15) is 30.8 Å². The van der Waals surface area contributed by atoms with E-state index < -0.39 is 0 Å². The van der Waals surface area contributed by atoms with Gasteiger partial charge in [-0.2, -0.15) is 0 Å². The van der Waals surface area contributed by atoms with Crippen LogP contribution in [-0.4, -0.2) is 15.0 Å². The second-order valence-electron chi connectivity index (χ2n) is 3.66. The number of rotatable bonds is 5. The number of hydrogen-bond acceptors (Lipinski definition) is 3. The second-order valence-corrected chi connectivity index (χ2v) is 3.66. The molecule has 0 radical (unpaired) electrons. The quantitative estimate of drug-likeness (QED) is 0.804. The topological polar surface area (TPSA) is 53.6 Å². The second kappa shape index (κ2) is 5.42. The van der Waals surface area contributed by atoms with Gasteiger partial charge in [0, 0.05) is 30.8 Å². The van der Waals surface area contributed by atoms with E-state index in [1.54, 1.807) is 6.20 Å². The summed E-state index contributed by atoms with van der Waals surface area (Å²) in [6.07, 6.45) is 8.30. The standard InChI is InChI=1S/C12H16N4/c1-2-11(10-3-5-13-6-4-10)16-9-12-14-7-8-15-12/h3-8,11,16H,2,9H2,1H3,(H,14,15). The van der Waals surface area contributed by atoms with E-state index in [1.165, 1.54) is 5.56 Å². The van der Waals surface area contributed by atoms with E-state index in [0.29, 0.717) is 6.04 Å². The highest BCUT2D eigenvalue weighted by Gasteiger charge is 2.08. The minimum Gasteiger partial charge on any atom is -0.348 e. The highest BCUT2D eigenvalue weighted by molar-refractivity contribution is 5.14. The summed E-state index contributed by atoms with van der Waals surface area (Å²) in [7, 11) is 0. The monoisotopic (exact) mass is 216 g/mol. The molecule has 0 aliphatic carbocycles. The molecule has 2 N–H and O–H groups in total. The van der Waals surface area contributed by atoms with Gasteiger partial charge in [0.15, 0.2) is 0 Å². The van der Waals surface area contributed by atoms with Crippen molar-refractivity contribution in [3.63, 3.8) is 0 Å². The first-order chi connectivity index (χ1) is 7.90. The van der Waals surface area contributed by atoms with Gasteiger partial charge in [-0.3, -0.25) is 4.98 Å². The van der Waals surface area contributed by atoms with Crippen LogP contribution in [0.5, 0.6) is 0 Å². The highest BCUT2D eigenvalue weighted by Crippen LogP contribution is 2.15. The lowest BCUT2D eigenvalue weighted by Crippen LogP contribution is -2.20. The lowest BCUT2D eigenvalue weighted by atomic mass is 10.1. The number of hydrogen-bond donors (Lipinski definition) is 2. The minimum absolute atomic E-state index is 0.355. The summed E-state index contributed by atoms with van der Waals surface area (Å²) in [5.74, 6) is 0.965. The van der Waals surface area contributed by atoms with Crippen molar-refractivity contribution >= 4 is 0 Å². The summed E-state index contributed by atoms with van der Waals surface area (Å²) < 4.78 is 0. The minimum atomic E-state index is 0.355. The Morgan fingerprint density at radius 1 is 1.31 bits per heavy atom. The fourth-order valence-electron chi connectivity index (χ4n) is 1.71. The third kappa shape index (κ3) is 2.67. The first kappa shape index (κ1) is 10.8. The maximum absolute atomic E-state index is 4.19. The Kier molecular flexibility index (Phi) is 3.66. The zero-order valence-corrected chi connectivity index (χ0v) is 9.35. The number of nitrogens with one attached hydrogen (secondary N) is 2. The summed E-state index contributed by atoms with van der Waals surface area (Å²) in [6.45, 7) is 2.92. The lowest BCUT2D eigenvalue weighted by Gasteiger charge is -2.16. The van der Waals surface area contributed by atoms with Crippen LogP contribution in [0.4, 0.5) is 0 Å². The first-order valence-corrected chi connectivity index (χ1v) is 5.51. The van der Waals surface area contributed by atoms with Crippen molar-refractivity contribution < 1.29 is 0 Å². The third-order valence-corrected chi connectivity index (χ3v) is 2.59. The SMILES string of the molecule is CCC(NCc1ncc[nH]1)c1ccncc1. The molecule has 0 saturated heterocycles. The van der Waals surface area contributed by atoms with E-state index in [2.05, 4.69) is 27.2 Å². The molecule has 0 saturated carbocycles. The lowest BCUT2D eigenvalue weighted by molar-refractivity contribution is 0.510. The molecule has 0 fully saturated rings. The zero-order valence-electron chi connectivity index (χ0n) is 9.35. The van der Waals surface area contributed by atoms with E-state index in [0.717, 1.165) is 18.8 Å². The fourth-order valence-corrected chi connectivity index (χ4v) is 1.71. The van der Waals surface area contributed by atoms with E-state index in [-0.39, 0.29) is 0 Å². The van der Waals surface area contributed by atoms with Gasteiger partial charge in [-0.15, -0.1) is 0 Å². The molecule has 0 bridgehead atoms. The molecule has 2 aromatic rings. The number of pyridine rings is 1. The molecule has 0 aliphatic heterocycles. The van der Waals surface area contributed by atoms with Crippen LogP contribution < -0.4 is 5.32 Å². The molecule has 2 heterocycles. The highest BCUT2D eigenvalue weighted by atomic mass is 15.0. The van der Waals surface area contributed by atoms with Crippen molar-refractivity contribution in [1.29, 1.82) is 0 Å². The molecule has 4 heteroatoms. The average Bonchev–Trinajstić information content (AvgIpc) is 2.84. The summed E-state index contributed by atoms with van der Waals surface area (Å²) in [4.78, 5) is 11.3. The largest absolute Gasteiger partial charge is 0.348 e. The number of H-pyrrole nitrogens is 1. The summed E-state index contributed by atoms with van der Waals surface area (Å²) in [5.41, 5.74) is 1.27. The van der Waals surface area contributed by atoms with Crippen LogP contribution >= 0.6 is 0 Å². The molecular weight excluding hydrogens is 200 g/mol. The van der Waals surface area contributed by atoms with Gasteiger partial charge in [0.2, 0.25) is 0 Å². The molecule has 2 aromatic heterocycles. The predicted octanol–water partition coefficient (Wildman–Crippen LogP) is 2.05. The Morgan fingerprint density at radius 3 is 2.75 bits per heavy atom. The van der Waals surface area contributed by atoms with Gasteiger partial charge >= 0.3 is 0 Å². The van der Waals surface area contributed by atoms with Crippen LogP contribution in [0.2, 0.25) is 0 Å². The van der Waals surface area contributed by atoms with Gasteiger partial charge in [-0.25, -0.2) is 4.98 Å². The average molecular weight is 216 g/mol. The summed E-state index contributed by atoms with van der Waals surface area (Å²) in [6, 6.07) is 4.44. The molecule has 4 nitrogen and oxygen atoms in total. The third-order valence-electron chi connectivity index (χ3n) is 2.59. The molecule has 0 spiro atoms. The normalized spacial score (nSPS) is 12.6. The summed E-state index contributed by atoms with van der Waals surface area (Å²) in [5, 5.41) is 3.47. The molecule has 0 amide bonds. The molecular formula is C12H16N4. The molecule has 84 valence electrons. The first-order valence-electron chi connectivity index (χ1n) is 5.51. The van der Waals surface area contributed by atoms with E-state index in [1.807, 2.05) is 30.7 Å². The van der Waals surface area contributed by atoms with Crippen LogP contribution in [0.25, 0.3) is 0 Å². The predicted molar refractivity (Wildman–Crippen MR) is 62.7 cm³/mol. The molecule has 16 heavy (non-hydrogen) atoms. The molecule has 0 aliphatic rings. The van der Waals surface area contributed by atoms with Crippen molar-refractivity contribution in [2.24, 2.45) is 0 Å². The van der Waals surface area contributed by atoms with Gasteiger partial charge in [-0.05, 0) is 24.1 Å². The van der Waals surface area contributed by atoms with Gasteiger partial charge in [0.1, 0.15) is 5.82 Å². The van der Waals surface area contributed by atoms with Crippen LogP contribution in [-0.2, 0) is 6.54 Å². The van der Waals surface area contributed by atoms with Crippen molar-refractivity contribution in [1.82, 2.24) is 20.3 Å². The molecule has 2 rings (SSSR count). The Hall–Kier alpha value is -1.68. The van der Waals surface area contributed by atoms with Gasteiger partial charge in [0.05, 0.1) is 6.54 Å². The maximum Gasteiger partial charge on any atom is 0.120 e. The number of aromatic nitrogens is 3. The van der Waals surface area contributed by atoms with Crippen molar-refractivity contribution in [2.45, 2.75) is 25.9 Å². The van der Waals surface area contributed by atoms with Gasteiger partial charge in [-0.1, -0.05) is 6.92 Å². The number of nitrogens with zero attached hydrogens (tertiary/aromatic N) is 2. The van der Waals surface area contributed by atoms with Crippen LogP contribution in [0.15, 0.2) is 36.9 Å². The Labute approximate surface area is 95.1 Å². The fraction of sp³-hybridized carbons (Fsp3) is 0.333. The Balaban J connectivity index is 1.96. The van der Waals surface area contributed by atoms with Crippen molar-refractivity contribution in [3.05, 3.63) is 48.3 Å². The van der Waals surface area contributed by atoms with Crippen molar-refractivity contribution in [2.75, 3.05) is 0 Å². The smallest absolute Gasteiger partial charge is 0.120 e. The Morgan fingerprint density at radius 2 is 2.12 bits per heavy atom. The van der Waals surface area contributed by atoms with E-state index in [9.17, 15) is 0 Å². The molecule has 0 aromatic carbocycles. The molecule has 1 unspecified atom stereocenters. The Bertz CT molecular complexity index is 396. The molecule has 1 atom stereocenters. The van der Waals surface area contributed by atoms with E-state index >= 15 is 0 Å². The zero-order chi connectivity index (χ0) is 11.2. The van der Waals surface area contributed by atoms with Crippen LogP contribution in [0.3, 0.4) is 0 Å². The van der Waals surface area contributed by atoms with Gasteiger partial charge in [0.25, 0.3) is 0 Å². The van der Waals surface area contributed by atoms with Crippen LogP contribution in [0, 0.1) is 0 Å². The maximum atomic E-state index is 4.19. The van der Waals surface area contributed by atoms with E-state index in [4.69, 9.17) is 0 Å². The van der Waals surface area contributed by atoms with Crippen molar-refractivity contribution in [3.8, 4) is 0 Å². The summed E-state index contributed by atoms with van der Waals surface area (Å²) >= 11 is 0. The number of imidazole rings is 1. The van der Waals surface area contributed by atoms with Gasteiger partial charge < -0.3 is 10.3 Å². The number of aromatic amines is 1.